The van der Waals surface area contributed by atoms with Gasteiger partial charge in [0.1, 0.15) is 5.52 Å². The lowest BCUT2D eigenvalue weighted by atomic mass is 10.0. The van der Waals surface area contributed by atoms with E-state index in [9.17, 15) is 0 Å². The number of hydrogen-bond donors (Lipinski definition) is 0. The van der Waals surface area contributed by atoms with Gasteiger partial charge in [-0.3, -0.25) is 0 Å². The van der Waals surface area contributed by atoms with Crippen molar-refractivity contribution in [1.82, 2.24) is 9.97 Å². The van der Waals surface area contributed by atoms with E-state index in [1.165, 1.54) is 0 Å². The van der Waals surface area contributed by atoms with E-state index in [0.29, 0.717) is 22.1 Å². The number of benzene rings is 2. The van der Waals surface area contributed by atoms with Crippen molar-refractivity contribution in [2.24, 2.45) is 0 Å². The maximum absolute atomic E-state index is 5.92. The number of aromatic nitrogens is 2. The number of hydrogen-bond acceptors (Lipinski definition) is 3. The van der Waals surface area contributed by atoms with Crippen molar-refractivity contribution < 1.29 is 4.42 Å². The zero-order valence-electron chi connectivity index (χ0n) is 10.4. The second-order valence-corrected chi connectivity index (χ2v) is 4.96. The Hall–Kier alpha value is -2.39. The average molecular weight is 281 g/mol. The van der Waals surface area contributed by atoms with Crippen molar-refractivity contribution in [3.8, 4) is 11.5 Å². The Morgan fingerprint density at radius 2 is 1.85 bits per heavy atom. The van der Waals surface area contributed by atoms with Crippen LogP contribution in [-0.4, -0.2) is 9.97 Å². The molecule has 0 atom stereocenters. The van der Waals surface area contributed by atoms with Crippen molar-refractivity contribution >= 4 is 33.6 Å². The van der Waals surface area contributed by atoms with Crippen molar-refractivity contribution in [3.05, 3.63) is 59.8 Å². The molecule has 0 aliphatic heterocycles. The molecule has 2 aromatic heterocycles. The number of rotatable bonds is 1. The van der Waals surface area contributed by atoms with Crippen LogP contribution in [0.2, 0.25) is 5.02 Å². The molecular weight excluding hydrogens is 272 g/mol. The van der Waals surface area contributed by atoms with E-state index in [1.807, 2.05) is 24.3 Å². The van der Waals surface area contributed by atoms with Crippen LogP contribution in [0.15, 0.2) is 59.1 Å². The highest BCUT2D eigenvalue weighted by molar-refractivity contribution is 6.31. The SMILES string of the molecule is Clc1cnc2oc(-c3cccc4ccccc34)nc2c1. The van der Waals surface area contributed by atoms with Crippen LogP contribution in [0.4, 0.5) is 0 Å². The van der Waals surface area contributed by atoms with Crippen molar-refractivity contribution in [3.63, 3.8) is 0 Å². The summed E-state index contributed by atoms with van der Waals surface area (Å²) in [5, 5.41) is 2.81. The number of fused-ring (bicyclic) bond motifs is 2. The van der Waals surface area contributed by atoms with Gasteiger partial charge in [-0.05, 0) is 22.9 Å². The molecule has 0 bridgehead atoms. The van der Waals surface area contributed by atoms with Gasteiger partial charge in [-0.15, -0.1) is 0 Å². The van der Waals surface area contributed by atoms with E-state index >= 15 is 0 Å². The van der Waals surface area contributed by atoms with Crippen molar-refractivity contribution in [2.45, 2.75) is 0 Å². The summed E-state index contributed by atoms with van der Waals surface area (Å²) in [6.07, 6.45) is 1.56. The van der Waals surface area contributed by atoms with Gasteiger partial charge in [0, 0.05) is 11.8 Å². The van der Waals surface area contributed by atoms with E-state index in [-0.39, 0.29) is 0 Å². The van der Waals surface area contributed by atoms with Gasteiger partial charge >= 0.3 is 0 Å². The third-order valence-corrected chi connectivity index (χ3v) is 3.44. The monoisotopic (exact) mass is 280 g/mol. The van der Waals surface area contributed by atoms with E-state index in [1.54, 1.807) is 12.3 Å². The number of nitrogens with zero attached hydrogens (tertiary/aromatic N) is 2. The standard InChI is InChI=1S/C16H9ClN2O/c17-11-8-14-16(18-9-11)20-15(19-14)13-7-3-5-10-4-1-2-6-12(10)13/h1-9H. The summed E-state index contributed by atoms with van der Waals surface area (Å²) in [6, 6.07) is 15.9. The zero-order chi connectivity index (χ0) is 13.5. The molecular formula is C16H9ClN2O. The lowest BCUT2D eigenvalue weighted by molar-refractivity contribution is 0.608. The first-order valence-corrected chi connectivity index (χ1v) is 6.59. The minimum Gasteiger partial charge on any atom is -0.418 e. The van der Waals surface area contributed by atoms with Gasteiger partial charge < -0.3 is 4.42 Å². The van der Waals surface area contributed by atoms with E-state index in [4.69, 9.17) is 16.0 Å². The summed E-state index contributed by atoms with van der Waals surface area (Å²) in [5.74, 6) is 0.562. The molecule has 0 N–H and O–H groups in total. The first-order chi connectivity index (χ1) is 9.81. The number of oxazole rings is 1. The third-order valence-electron chi connectivity index (χ3n) is 3.23. The van der Waals surface area contributed by atoms with Crippen molar-refractivity contribution in [2.75, 3.05) is 0 Å². The first kappa shape index (κ1) is 11.4. The fourth-order valence-electron chi connectivity index (χ4n) is 2.33. The Morgan fingerprint density at radius 3 is 2.80 bits per heavy atom. The highest BCUT2D eigenvalue weighted by Crippen LogP contribution is 2.30. The Kier molecular flexibility index (Phi) is 2.47. The van der Waals surface area contributed by atoms with Gasteiger partial charge in [0.15, 0.2) is 0 Å². The van der Waals surface area contributed by atoms with Crippen LogP contribution >= 0.6 is 11.6 Å². The zero-order valence-corrected chi connectivity index (χ0v) is 11.1. The van der Waals surface area contributed by atoms with E-state index in [0.717, 1.165) is 16.3 Å². The lowest BCUT2D eigenvalue weighted by Crippen LogP contribution is -1.80. The van der Waals surface area contributed by atoms with Gasteiger partial charge in [0.25, 0.3) is 0 Å². The molecule has 3 nitrogen and oxygen atoms in total. The second-order valence-electron chi connectivity index (χ2n) is 4.52. The van der Waals surface area contributed by atoms with Crippen molar-refractivity contribution in [1.29, 1.82) is 0 Å². The predicted octanol–water partition coefficient (Wildman–Crippen LogP) is 4.70. The molecule has 0 amide bonds. The minimum absolute atomic E-state index is 0.498. The maximum Gasteiger partial charge on any atom is 0.247 e. The highest BCUT2D eigenvalue weighted by atomic mass is 35.5. The number of pyridine rings is 1. The molecule has 0 saturated heterocycles. The Bertz CT molecular complexity index is 925. The fourth-order valence-corrected chi connectivity index (χ4v) is 2.48. The minimum atomic E-state index is 0.498. The molecule has 4 aromatic rings. The molecule has 2 heterocycles. The predicted molar refractivity (Wildman–Crippen MR) is 79.8 cm³/mol. The molecule has 2 aromatic carbocycles. The summed E-state index contributed by atoms with van der Waals surface area (Å²) in [6.45, 7) is 0. The molecule has 0 aliphatic rings. The maximum atomic E-state index is 5.92. The Balaban J connectivity index is 2.01. The molecule has 0 fully saturated rings. The molecule has 4 rings (SSSR count). The molecule has 20 heavy (non-hydrogen) atoms. The van der Waals surface area contributed by atoms with Gasteiger partial charge in [0.2, 0.25) is 11.6 Å². The Morgan fingerprint density at radius 1 is 1.00 bits per heavy atom. The molecule has 0 saturated carbocycles. The largest absolute Gasteiger partial charge is 0.418 e. The summed E-state index contributed by atoms with van der Waals surface area (Å²) >= 11 is 5.92. The molecule has 96 valence electrons. The summed E-state index contributed by atoms with van der Waals surface area (Å²) in [5.41, 5.74) is 2.12. The highest BCUT2D eigenvalue weighted by Gasteiger charge is 2.12. The van der Waals surface area contributed by atoms with Crippen LogP contribution in [0, 0.1) is 0 Å². The van der Waals surface area contributed by atoms with Gasteiger partial charge in [0.05, 0.1) is 5.02 Å². The normalized spacial score (nSPS) is 11.2. The third kappa shape index (κ3) is 1.75. The summed E-state index contributed by atoms with van der Waals surface area (Å²) in [7, 11) is 0. The first-order valence-electron chi connectivity index (χ1n) is 6.21. The summed E-state index contributed by atoms with van der Waals surface area (Å²) in [4.78, 5) is 8.63. The fraction of sp³-hybridized carbons (Fsp3) is 0. The van der Waals surface area contributed by atoms with Gasteiger partial charge in [-0.25, -0.2) is 9.97 Å². The molecule has 0 aliphatic carbocycles. The van der Waals surface area contributed by atoms with E-state index < -0.39 is 0 Å². The molecule has 0 spiro atoms. The lowest BCUT2D eigenvalue weighted by Gasteiger charge is -2.01. The second kappa shape index (κ2) is 4.32. The number of halogens is 1. The molecule has 4 heteroatoms. The molecule has 0 radical (unpaired) electrons. The van der Waals surface area contributed by atoms with Crippen LogP contribution in [-0.2, 0) is 0 Å². The van der Waals surface area contributed by atoms with Gasteiger partial charge in [-0.2, -0.15) is 0 Å². The van der Waals surface area contributed by atoms with Crippen LogP contribution < -0.4 is 0 Å². The molecule has 0 unspecified atom stereocenters. The van der Waals surface area contributed by atoms with Gasteiger partial charge in [-0.1, -0.05) is 48.0 Å². The topological polar surface area (TPSA) is 38.9 Å². The van der Waals surface area contributed by atoms with Crippen LogP contribution in [0.3, 0.4) is 0 Å². The average Bonchev–Trinajstić information content (AvgIpc) is 2.89. The quantitative estimate of drug-likeness (QED) is 0.507. The smallest absolute Gasteiger partial charge is 0.247 e. The van der Waals surface area contributed by atoms with Crippen LogP contribution in [0.1, 0.15) is 0 Å². The summed E-state index contributed by atoms with van der Waals surface area (Å²) < 4.78 is 5.74. The Labute approximate surface area is 119 Å². The van der Waals surface area contributed by atoms with E-state index in [2.05, 4.69) is 28.2 Å². The van der Waals surface area contributed by atoms with Crippen LogP contribution in [0.5, 0.6) is 0 Å². The van der Waals surface area contributed by atoms with Crippen LogP contribution in [0.25, 0.3) is 33.5 Å².